The van der Waals surface area contributed by atoms with E-state index in [1.165, 1.54) is 0 Å². The van der Waals surface area contributed by atoms with Crippen molar-refractivity contribution >= 4 is 23.2 Å². The minimum absolute atomic E-state index is 0.0271. The van der Waals surface area contributed by atoms with Gasteiger partial charge in [-0.05, 0) is 25.5 Å². The van der Waals surface area contributed by atoms with Crippen LogP contribution in [0.25, 0.3) is 0 Å². The number of carbonyl (C=O) groups is 2. The number of anilines is 2. The molecule has 2 rings (SSSR count). The number of unbranched alkanes of at least 4 members (excludes halogenated alkanes) is 1. The highest BCUT2D eigenvalue weighted by molar-refractivity contribution is 6.07. The number of rotatable bonds is 5. The van der Waals surface area contributed by atoms with Crippen molar-refractivity contribution in [3.63, 3.8) is 0 Å². The monoisotopic (exact) mass is 289 g/mol. The maximum Gasteiger partial charge on any atom is 0.249 e. The van der Waals surface area contributed by atoms with Crippen LogP contribution in [-0.2, 0) is 9.59 Å². The minimum Gasteiger partial charge on any atom is -0.372 e. The molecule has 0 radical (unpaired) electrons. The van der Waals surface area contributed by atoms with Gasteiger partial charge in [-0.3, -0.25) is 14.5 Å². The Labute approximate surface area is 125 Å². The second-order valence-electron chi connectivity index (χ2n) is 5.48. The fourth-order valence-corrected chi connectivity index (χ4v) is 2.42. The fraction of sp³-hybridized carbons (Fsp3) is 0.500. The van der Waals surface area contributed by atoms with Gasteiger partial charge in [-0.25, -0.2) is 0 Å². The first-order valence-electron chi connectivity index (χ1n) is 7.45. The Morgan fingerprint density at radius 1 is 1.38 bits per heavy atom. The average molecular weight is 289 g/mol. The Morgan fingerprint density at radius 2 is 2.10 bits per heavy atom. The van der Waals surface area contributed by atoms with Crippen molar-refractivity contribution < 1.29 is 9.59 Å². The second-order valence-corrected chi connectivity index (χ2v) is 5.48. The molecule has 1 aromatic carbocycles. The van der Waals surface area contributed by atoms with Gasteiger partial charge >= 0.3 is 0 Å². The van der Waals surface area contributed by atoms with E-state index in [4.69, 9.17) is 0 Å². The van der Waals surface area contributed by atoms with Gasteiger partial charge in [-0.1, -0.05) is 25.5 Å². The zero-order chi connectivity index (χ0) is 15.4. The van der Waals surface area contributed by atoms with Crippen molar-refractivity contribution in [1.29, 1.82) is 0 Å². The highest BCUT2D eigenvalue weighted by Crippen LogP contribution is 2.30. The SMILES string of the molecule is CCCCN(C)C(=O)CN1C(=O)C(C)Nc2ccccc21. The van der Waals surface area contributed by atoms with Crippen molar-refractivity contribution in [2.45, 2.75) is 32.7 Å². The number of fused-ring (bicyclic) bond motifs is 1. The average Bonchev–Trinajstić information content (AvgIpc) is 2.49. The predicted octanol–water partition coefficient (Wildman–Crippen LogP) is 2.09. The lowest BCUT2D eigenvalue weighted by Gasteiger charge is -2.34. The molecule has 0 saturated carbocycles. The molecule has 1 heterocycles. The van der Waals surface area contributed by atoms with Gasteiger partial charge in [0.15, 0.2) is 0 Å². The lowest BCUT2D eigenvalue weighted by Crippen LogP contribution is -2.50. The van der Waals surface area contributed by atoms with Crippen LogP contribution in [0.4, 0.5) is 11.4 Å². The summed E-state index contributed by atoms with van der Waals surface area (Å²) in [5.41, 5.74) is 1.67. The van der Waals surface area contributed by atoms with Gasteiger partial charge in [0.05, 0.1) is 11.4 Å². The van der Waals surface area contributed by atoms with Gasteiger partial charge in [0, 0.05) is 13.6 Å². The summed E-state index contributed by atoms with van der Waals surface area (Å²) in [5, 5.41) is 3.16. The third kappa shape index (κ3) is 3.35. The van der Waals surface area contributed by atoms with E-state index in [0.717, 1.165) is 30.8 Å². The Hall–Kier alpha value is -2.04. The first-order valence-corrected chi connectivity index (χ1v) is 7.45. The van der Waals surface area contributed by atoms with Gasteiger partial charge in [0.1, 0.15) is 12.6 Å². The molecule has 0 aromatic heterocycles. The lowest BCUT2D eigenvalue weighted by atomic mass is 10.1. The van der Waals surface area contributed by atoms with Crippen LogP contribution in [0.5, 0.6) is 0 Å². The van der Waals surface area contributed by atoms with E-state index in [2.05, 4.69) is 12.2 Å². The van der Waals surface area contributed by atoms with Crippen molar-refractivity contribution in [2.75, 3.05) is 30.4 Å². The van der Waals surface area contributed by atoms with Gasteiger partial charge in [0.2, 0.25) is 11.8 Å². The molecule has 0 aliphatic carbocycles. The molecule has 1 aliphatic heterocycles. The molecule has 1 aromatic rings. The van der Waals surface area contributed by atoms with E-state index in [-0.39, 0.29) is 24.4 Å². The summed E-state index contributed by atoms with van der Waals surface area (Å²) in [4.78, 5) is 27.9. The number of hydrogen-bond acceptors (Lipinski definition) is 3. The summed E-state index contributed by atoms with van der Waals surface area (Å²) in [5.74, 6) is -0.0911. The number of nitrogens with one attached hydrogen (secondary N) is 1. The Kier molecular flexibility index (Phi) is 4.83. The van der Waals surface area contributed by atoms with Crippen LogP contribution in [0.3, 0.4) is 0 Å². The zero-order valence-electron chi connectivity index (χ0n) is 12.9. The Bertz CT molecular complexity index is 530. The van der Waals surface area contributed by atoms with Crippen molar-refractivity contribution in [2.24, 2.45) is 0 Å². The Balaban J connectivity index is 2.14. The maximum absolute atomic E-state index is 12.4. The summed E-state index contributed by atoms with van der Waals surface area (Å²) >= 11 is 0. The normalized spacial score (nSPS) is 17.2. The van der Waals surface area contributed by atoms with Gasteiger partial charge in [-0.15, -0.1) is 0 Å². The summed E-state index contributed by atoms with van der Waals surface area (Å²) in [6, 6.07) is 7.28. The molecule has 2 amide bonds. The summed E-state index contributed by atoms with van der Waals surface area (Å²) in [6.07, 6.45) is 2.02. The standard InChI is InChI=1S/C16H23N3O2/c1-4-5-10-18(3)15(20)11-19-14-9-7-6-8-13(14)17-12(2)16(19)21/h6-9,12,17H,4-5,10-11H2,1-3H3. The molecule has 21 heavy (non-hydrogen) atoms. The van der Waals surface area contributed by atoms with E-state index in [9.17, 15) is 9.59 Å². The molecule has 0 saturated heterocycles. The third-order valence-electron chi connectivity index (χ3n) is 3.77. The molecule has 1 aliphatic rings. The van der Waals surface area contributed by atoms with E-state index < -0.39 is 0 Å². The van der Waals surface area contributed by atoms with E-state index >= 15 is 0 Å². The van der Waals surface area contributed by atoms with Crippen LogP contribution in [0.2, 0.25) is 0 Å². The number of para-hydroxylation sites is 2. The lowest BCUT2D eigenvalue weighted by molar-refractivity contribution is -0.130. The number of carbonyl (C=O) groups excluding carboxylic acids is 2. The number of amides is 2. The van der Waals surface area contributed by atoms with Crippen LogP contribution >= 0.6 is 0 Å². The molecular weight excluding hydrogens is 266 g/mol. The third-order valence-corrected chi connectivity index (χ3v) is 3.77. The zero-order valence-corrected chi connectivity index (χ0v) is 12.9. The topological polar surface area (TPSA) is 52.7 Å². The van der Waals surface area contributed by atoms with Crippen molar-refractivity contribution in [1.82, 2.24) is 4.90 Å². The van der Waals surface area contributed by atoms with Crippen molar-refractivity contribution in [3.05, 3.63) is 24.3 Å². The molecule has 0 fully saturated rings. The van der Waals surface area contributed by atoms with Gasteiger partial charge in [0.25, 0.3) is 0 Å². The number of benzene rings is 1. The quantitative estimate of drug-likeness (QED) is 0.903. The maximum atomic E-state index is 12.4. The molecule has 1 unspecified atom stereocenters. The number of hydrogen-bond donors (Lipinski definition) is 1. The number of likely N-dealkylation sites (N-methyl/N-ethyl adjacent to an activating group) is 1. The van der Waals surface area contributed by atoms with E-state index in [0.29, 0.717) is 0 Å². The van der Waals surface area contributed by atoms with E-state index in [1.54, 1.807) is 16.8 Å². The van der Waals surface area contributed by atoms with Crippen LogP contribution in [0.15, 0.2) is 24.3 Å². The molecule has 1 atom stereocenters. The van der Waals surface area contributed by atoms with Gasteiger partial charge in [-0.2, -0.15) is 0 Å². The van der Waals surface area contributed by atoms with Crippen LogP contribution in [0, 0.1) is 0 Å². The smallest absolute Gasteiger partial charge is 0.249 e. The van der Waals surface area contributed by atoms with Crippen LogP contribution < -0.4 is 10.2 Å². The minimum atomic E-state index is -0.311. The highest BCUT2D eigenvalue weighted by atomic mass is 16.2. The van der Waals surface area contributed by atoms with Gasteiger partial charge < -0.3 is 10.2 Å². The van der Waals surface area contributed by atoms with Crippen molar-refractivity contribution in [3.8, 4) is 0 Å². The predicted molar refractivity (Wildman–Crippen MR) is 84.4 cm³/mol. The molecule has 5 heteroatoms. The molecule has 5 nitrogen and oxygen atoms in total. The highest BCUT2D eigenvalue weighted by Gasteiger charge is 2.31. The van der Waals surface area contributed by atoms with Crippen LogP contribution in [0.1, 0.15) is 26.7 Å². The van der Waals surface area contributed by atoms with E-state index in [1.807, 2.05) is 31.2 Å². The fourth-order valence-electron chi connectivity index (χ4n) is 2.42. The summed E-state index contributed by atoms with van der Waals surface area (Å²) in [6.45, 7) is 4.74. The molecule has 1 N–H and O–H groups in total. The molecular formula is C16H23N3O2. The second kappa shape index (κ2) is 6.61. The molecule has 0 spiro atoms. The summed E-state index contributed by atoms with van der Waals surface area (Å²) in [7, 11) is 1.79. The summed E-state index contributed by atoms with van der Waals surface area (Å²) < 4.78 is 0. The number of nitrogens with zero attached hydrogens (tertiary/aromatic N) is 2. The Morgan fingerprint density at radius 3 is 2.81 bits per heavy atom. The molecule has 114 valence electrons. The largest absolute Gasteiger partial charge is 0.372 e. The molecule has 0 bridgehead atoms. The van der Waals surface area contributed by atoms with Crippen LogP contribution in [-0.4, -0.2) is 42.9 Å². The first-order chi connectivity index (χ1) is 10.0. The first kappa shape index (κ1) is 15.4.